The van der Waals surface area contributed by atoms with Crippen LogP contribution in [-0.4, -0.2) is 31.5 Å². The van der Waals surface area contributed by atoms with Crippen molar-refractivity contribution in [3.63, 3.8) is 0 Å². The number of carbonyl (C=O) groups is 1. The first-order valence-corrected chi connectivity index (χ1v) is 12.2. The predicted octanol–water partition coefficient (Wildman–Crippen LogP) is 3.16. The molecule has 1 atom stereocenters. The lowest BCUT2D eigenvalue weighted by Crippen LogP contribution is -2.52. The minimum absolute atomic E-state index is 0.147. The quantitative estimate of drug-likeness (QED) is 0.627. The first kappa shape index (κ1) is 21.5. The maximum Gasteiger partial charge on any atom is 0.244 e. The molecule has 0 spiro atoms. The molecule has 0 unspecified atom stereocenters. The highest BCUT2D eigenvalue weighted by atomic mass is 32.2. The second-order valence-electron chi connectivity index (χ2n) is 8.26. The van der Waals surface area contributed by atoms with E-state index < -0.39 is 16.1 Å². The van der Waals surface area contributed by atoms with Crippen molar-refractivity contribution in [2.24, 2.45) is 0 Å². The summed E-state index contributed by atoms with van der Waals surface area (Å²) < 4.78 is 39.1. The number of benzene rings is 3. The lowest BCUT2D eigenvalue weighted by molar-refractivity contribution is -0.125. The number of ether oxygens (including phenoxy) is 2. The number of nitrogens with one attached hydrogen (secondary N) is 1. The van der Waals surface area contributed by atoms with Gasteiger partial charge >= 0.3 is 0 Å². The van der Waals surface area contributed by atoms with Gasteiger partial charge in [0.25, 0.3) is 0 Å². The Morgan fingerprint density at radius 1 is 1.00 bits per heavy atom. The summed E-state index contributed by atoms with van der Waals surface area (Å²) >= 11 is 0. The first-order chi connectivity index (χ1) is 15.9. The standard InChI is InChI=1S/C25H24N2O5S/c1-17-6-9-21(10-7-17)33(29,30)27-15-20-5-3-2-4-19(20)13-22(27)25(28)26-14-18-8-11-23-24(12-18)32-16-31-23/h2-12,22H,13-16H2,1H3,(H,26,28)/t22-/m1/s1. The molecule has 5 rings (SSSR count). The number of amides is 1. The van der Waals surface area contributed by atoms with Gasteiger partial charge in [-0.05, 0) is 54.3 Å². The van der Waals surface area contributed by atoms with Gasteiger partial charge in [-0.25, -0.2) is 8.42 Å². The van der Waals surface area contributed by atoms with Crippen molar-refractivity contribution in [2.75, 3.05) is 6.79 Å². The van der Waals surface area contributed by atoms with Crippen LogP contribution in [0.5, 0.6) is 11.5 Å². The highest BCUT2D eigenvalue weighted by molar-refractivity contribution is 7.89. The van der Waals surface area contributed by atoms with Gasteiger partial charge in [-0.2, -0.15) is 4.31 Å². The van der Waals surface area contributed by atoms with Crippen LogP contribution in [0.25, 0.3) is 0 Å². The molecule has 2 heterocycles. The second-order valence-corrected chi connectivity index (χ2v) is 10.1. The molecule has 3 aromatic rings. The molecule has 1 N–H and O–H groups in total. The Labute approximate surface area is 193 Å². The van der Waals surface area contributed by atoms with Gasteiger partial charge in [0.05, 0.1) is 4.90 Å². The fourth-order valence-electron chi connectivity index (χ4n) is 4.18. The van der Waals surface area contributed by atoms with Gasteiger partial charge in [-0.3, -0.25) is 4.79 Å². The van der Waals surface area contributed by atoms with Crippen molar-refractivity contribution in [2.45, 2.75) is 37.4 Å². The largest absolute Gasteiger partial charge is 0.454 e. The van der Waals surface area contributed by atoms with Crippen LogP contribution in [0.1, 0.15) is 22.3 Å². The Morgan fingerprint density at radius 3 is 2.52 bits per heavy atom. The maximum atomic E-state index is 13.5. The molecule has 0 aliphatic carbocycles. The smallest absolute Gasteiger partial charge is 0.244 e. The summed E-state index contributed by atoms with van der Waals surface area (Å²) in [7, 11) is -3.87. The molecule has 0 saturated heterocycles. The van der Waals surface area contributed by atoms with Crippen molar-refractivity contribution < 1.29 is 22.7 Å². The zero-order valence-electron chi connectivity index (χ0n) is 18.2. The number of sulfonamides is 1. The van der Waals surface area contributed by atoms with Gasteiger partial charge in [0, 0.05) is 13.1 Å². The number of fused-ring (bicyclic) bond motifs is 2. The molecular weight excluding hydrogens is 440 g/mol. The average Bonchev–Trinajstić information content (AvgIpc) is 3.30. The van der Waals surface area contributed by atoms with E-state index in [1.54, 1.807) is 30.3 Å². The van der Waals surface area contributed by atoms with Crippen molar-refractivity contribution in [1.29, 1.82) is 0 Å². The highest BCUT2D eigenvalue weighted by Gasteiger charge is 2.39. The number of aryl methyl sites for hydroxylation is 1. The highest BCUT2D eigenvalue weighted by Crippen LogP contribution is 2.33. The molecule has 2 aliphatic rings. The molecule has 1 amide bonds. The summed E-state index contributed by atoms with van der Waals surface area (Å²) in [5.41, 5.74) is 3.71. The lowest BCUT2D eigenvalue weighted by Gasteiger charge is -2.35. The number of hydrogen-bond acceptors (Lipinski definition) is 5. The summed E-state index contributed by atoms with van der Waals surface area (Å²) in [6.45, 7) is 2.49. The molecule has 2 aliphatic heterocycles. The van der Waals surface area contributed by atoms with Crippen molar-refractivity contribution in [3.05, 3.63) is 89.0 Å². The Bertz CT molecular complexity index is 1300. The minimum Gasteiger partial charge on any atom is -0.454 e. The van der Waals surface area contributed by atoms with Crippen LogP contribution in [0.4, 0.5) is 0 Å². The Kier molecular flexibility index (Phi) is 5.55. The number of hydrogen-bond donors (Lipinski definition) is 1. The van der Waals surface area contributed by atoms with E-state index in [4.69, 9.17) is 9.47 Å². The number of rotatable bonds is 5. The molecule has 0 saturated carbocycles. The van der Waals surface area contributed by atoms with E-state index in [1.165, 1.54) is 4.31 Å². The topological polar surface area (TPSA) is 84.9 Å². The summed E-state index contributed by atoms with van der Waals surface area (Å²) in [5, 5.41) is 2.91. The average molecular weight is 465 g/mol. The van der Waals surface area contributed by atoms with E-state index in [0.717, 1.165) is 22.3 Å². The molecule has 7 nitrogen and oxygen atoms in total. The van der Waals surface area contributed by atoms with Crippen LogP contribution in [0, 0.1) is 6.92 Å². The molecule has 0 radical (unpaired) electrons. The van der Waals surface area contributed by atoms with Gasteiger partial charge in [-0.15, -0.1) is 0 Å². The molecule has 33 heavy (non-hydrogen) atoms. The summed E-state index contributed by atoms with van der Waals surface area (Å²) in [6, 6.07) is 19.0. The zero-order valence-corrected chi connectivity index (χ0v) is 19.0. The van der Waals surface area contributed by atoms with Gasteiger partial charge < -0.3 is 14.8 Å². The minimum atomic E-state index is -3.87. The zero-order chi connectivity index (χ0) is 23.0. The molecule has 0 aromatic heterocycles. The number of carbonyl (C=O) groups excluding carboxylic acids is 1. The van der Waals surface area contributed by atoms with Crippen LogP contribution in [0.15, 0.2) is 71.6 Å². The first-order valence-electron chi connectivity index (χ1n) is 10.7. The third kappa shape index (κ3) is 4.19. The SMILES string of the molecule is Cc1ccc(S(=O)(=O)N2Cc3ccccc3C[C@@H]2C(=O)NCc2ccc3c(c2)OCO3)cc1. The van der Waals surface area contributed by atoms with Crippen LogP contribution >= 0.6 is 0 Å². The fourth-order valence-corrected chi connectivity index (χ4v) is 5.74. The normalized spacial score (nSPS) is 17.4. The van der Waals surface area contributed by atoms with Crippen LogP contribution in [0.2, 0.25) is 0 Å². The molecule has 0 bridgehead atoms. The fraction of sp³-hybridized carbons (Fsp3) is 0.240. The van der Waals surface area contributed by atoms with Crippen LogP contribution < -0.4 is 14.8 Å². The molecule has 3 aromatic carbocycles. The van der Waals surface area contributed by atoms with E-state index in [0.29, 0.717) is 17.9 Å². The van der Waals surface area contributed by atoms with Crippen LogP contribution in [0.3, 0.4) is 0 Å². The molecule has 8 heteroatoms. The van der Waals surface area contributed by atoms with Crippen LogP contribution in [-0.2, 0) is 34.3 Å². The maximum absolute atomic E-state index is 13.5. The molecule has 0 fully saturated rings. The van der Waals surface area contributed by atoms with Gasteiger partial charge in [0.2, 0.25) is 22.7 Å². The predicted molar refractivity (Wildman–Crippen MR) is 122 cm³/mol. The van der Waals surface area contributed by atoms with Crippen molar-refractivity contribution in [1.82, 2.24) is 9.62 Å². The Morgan fingerprint density at radius 2 is 1.73 bits per heavy atom. The van der Waals surface area contributed by atoms with Crippen molar-refractivity contribution in [3.8, 4) is 11.5 Å². The third-order valence-electron chi connectivity index (χ3n) is 6.04. The summed E-state index contributed by atoms with van der Waals surface area (Å²) in [5.74, 6) is 0.971. The van der Waals surface area contributed by atoms with E-state index in [2.05, 4.69) is 5.32 Å². The Balaban J connectivity index is 1.41. The van der Waals surface area contributed by atoms with Crippen molar-refractivity contribution >= 4 is 15.9 Å². The van der Waals surface area contributed by atoms with E-state index in [1.807, 2.05) is 43.3 Å². The summed E-state index contributed by atoms with van der Waals surface area (Å²) in [4.78, 5) is 13.5. The Hall–Kier alpha value is -3.36. The second kappa shape index (κ2) is 8.53. The third-order valence-corrected chi connectivity index (χ3v) is 7.91. The van der Waals surface area contributed by atoms with Gasteiger partial charge in [0.15, 0.2) is 11.5 Å². The van der Waals surface area contributed by atoms with E-state index >= 15 is 0 Å². The van der Waals surface area contributed by atoms with Gasteiger partial charge in [0.1, 0.15) is 6.04 Å². The van der Waals surface area contributed by atoms with E-state index in [-0.39, 0.29) is 30.7 Å². The lowest BCUT2D eigenvalue weighted by atomic mass is 9.95. The molecular formula is C25H24N2O5S. The molecule has 170 valence electrons. The monoisotopic (exact) mass is 464 g/mol. The van der Waals surface area contributed by atoms with E-state index in [9.17, 15) is 13.2 Å². The number of nitrogens with zero attached hydrogens (tertiary/aromatic N) is 1. The summed E-state index contributed by atoms with van der Waals surface area (Å²) in [6.07, 6.45) is 0.314. The van der Waals surface area contributed by atoms with Gasteiger partial charge in [-0.1, -0.05) is 48.0 Å².